The van der Waals surface area contributed by atoms with Crippen LogP contribution in [0.15, 0.2) is 24.3 Å². The van der Waals surface area contributed by atoms with Gasteiger partial charge in [-0.05, 0) is 37.3 Å². The van der Waals surface area contributed by atoms with E-state index in [0.29, 0.717) is 6.54 Å². The van der Waals surface area contributed by atoms with Gasteiger partial charge in [0.05, 0.1) is 5.69 Å². The average Bonchev–Trinajstić information content (AvgIpc) is 2.78. The van der Waals surface area contributed by atoms with Crippen molar-refractivity contribution in [2.24, 2.45) is 5.73 Å². The van der Waals surface area contributed by atoms with Gasteiger partial charge in [-0.2, -0.15) is 5.10 Å². The Bertz CT molecular complexity index is 569. The number of hydrogen-bond donors (Lipinski definition) is 1. The third-order valence-corrected chi connectivity index (χ3v) is 3.77. The number of aryl methyl sites for hydroxylation is 2. The molecule has 2 heterocycles. The molecule has 0 fully saturated rings. The number of hydrogen-bond acceptors (Lipinski definition) is 2. The van der Waals surface area contributed by atoms with E-state index in [1.165, 1.54) is 35.2 Å². The maximum atomic E-state index is 5.87. The van der Waals surface area contributed by atoms with Crippen LogP contribution in [0.1, 0.15) is 29.8 Å². The van der Waals surface area contributed by atoms with Gasteiger partial charge in [0.15, 0.2) is 0 Å². The van der Waals surface area contributed by atoms with Crippen LogP contribution in [0.25, 0.3) is 11.1 Å². The van der Waals surface area contributed by atoms with Crippen LogP contribution in [0.5, 0.6) is 0 Å². The molecule has 0 atom stereocenters. The Morgan fingerprint density at radius 2 is 2.11 bits per heavy atom. The fourth-order valence-corrected chi connectivity index (χ4v) is 2.85. The van der Waals surface area contributed by atoms with Crippen LogP contribution >= 0.6 is 0 Å². The Morgan fingerprint density at radius 3 is 2.89 bits per heavy atom. The molecular weight excluding hydrogens is 222 g/mol. The van der Waals surface area contributed by atoms with Gasteiger partial charge in [-0.3, -0.25) is 4.68 Å². The standard InChI is InChI=1S/C15H19N3/c1-11-6-2-3-7-12(11)15-13(10-16)17-18-9-5-4-8-14(15)18/h2-3,6-7H,4-5,8-10,16H2,1H3. The molecule has 0 aliphatic carbocycles. The lowest BCUT2D eigenvalue weighted by Crippen LogP contribution is -2.11. The van der Waals surface area contributed by atoms with Crippen LogP contribution in [0.4, 0.5) is 0 Å². The van der Waals surface area contributed by atoms with Crippen molar-refractivity contribution in [2.45, 2.75) is 39.3 Å². The minimum Gasteiger partial charge on any atom is -0.325 e. The number of nitrogens with zero attached hydrogens (tertiary/aromatic N) is 2. The molecule has 0 saturated heterocycles. The molecule has 0 amide bonds. The van der Waals surface area contributed by atoms with E-state index in [1.807, 2.05) is 0 Å². The zero-order chi connectivity index (χ0) is 12.5. The molecule has 1 aromatic heterocycles. The quantitative estimate of drug-likeness (QED) is 0.878. The molecule has 0 bridgehead atoms. The normalized spacial score (nSPS) is 14.6. The first-order valence-electron chi connectivity index (χ1n) is 6.66. The topological polar surface area (TPSA) is 43.8 Å². The van der Waals surface area contributed by atoms with Crippen molar-refractivity contribution in [3.8, 4) is 11.1 Å². The van der Waals surface area contributed by atoms with Gasteiger partial charge >= 0.3 is 0 Å². The fraction of sp³-hybridized carbons (Fsp3) is 0.400. The summed E-state index contributed by atoms with van der Waals surface area (Å²) < 4.78 is 2.16. The molecule has 2 aromatic rings. The summed E-state index contributed by atoms with van der Waals surface area (Å²) in [4.78, 5) is 0. The maximum absolute atomic E-state index is 5.87. The Hall–Kier alpha value is -1.61. The largest absolute Gasteiger partial charge is 0.325 e. The fourth-order valence-electron chi connectivity index (χ4n) is 2.85. The Labute approximate surface area is 108 Å². The van der Waals surface area contributed by atoms with Gasteiger partial charge in [-0.25, -0.2) is 0 Å². The lowest BCUT2D eigenvalue weighted by Gasteiger charge is -2.15. The lowest BCUT2D eigenvalue weighted by molar-refractivity contribution is 0.484. The Kier molecular flexibility index (Phi) is 2.92. The number of aromatic nitrogens is 2. The van der Waals surface area contributed by atoms with Crippen molar-refractivity contribution >= 4 is 0 Å². The number of rotatable bonds is 2. The highest BCUT2D eigenvalue weighted by Gasteiger charge is 2.21. The molecule has 18 heavy (non-hydrogen) atoms. The molecule has 2 N–H and O–H groups in total. The third-order valence-electron chi connectivity index (χ3n) is 3.77. The summed E-state index contributed by atoms with van der Waals surface area (Å²) >= 11 is 0. The highest BCUT2D eigenvalue weighted by atomic mass is 15.3. The Morgan fingerprint density at radius 1 is 1.28 bits per heavy atom. The third kappa shape index (κ3) is 1.75. The van der Waals surface area contributed by atoms with Gasteiger partial charge in [0, 0.05) is 24.3 Å². The van der Waals surface area contributed by atoms with Crippen LogP contribution in [-0.4, -0.2) is 9.78 Å². The maximum Gasteiger partial charge on any atom is 0.0841 e. The molecule has 1 aromatic carbocycles. The van der Waals surface area contributed by atoms with Crippen LogP contribution in [0.2, 0.25) is 0 Å². The van der Waals surface area contributed by atoms with Crippen molar-refractivity contribution in [1.29, 1.82) is 0 Å². The van der Waals surface area contributed by atoms with E-state index < -0.39 is 0 Å². The molecule has 1 aliphatic rings. The van der Waals surface area contributed by atoms with Gasteiger partial charge in [0.25, 0.3) is 0 Å². The summed E-state index contributed by atoms with van der Waals surface area (Å²) in [7, 11) is 0. The van der Waals surface area contributed by atoms with Crippen molar-refractivity contribution in [1.82, 2.24) is 9.78 Å². The first kappa shape index (κ1) is 11.5. The van der Waals surface area contributed by atoms with Crippen LogP contribution in [0, 0.1) is 6.92 Å². The molecule has 0 unspecified atom stereocenters. The first-order valence-corrected chi connectivity index (χ1v) is 6.66. The second-order valence-electron chi connectivity index (χ2n) is 4.97. The molecular formula is C15H19N3. The van der Waals surface area contributed by atoms with E-state index in [-0.39, 0.29) is 0 Å². The highest BCUT2D eigenvalue weighted by Crippen LogP contribution is 2.32. The molecule has 0 radical (unpaired) electrons. The smallest absolute Gasteiger partial charge is 0.0841 e. The van der Waals surface area contributed by atoms with E-state index in [9.17, 15) is 0 Å². The van der Waals surface area contributed by atoms with Crippen molar-refractivity contribution in [3.05, 3.63) is 41.2 Å². The van der Waals surface area contributed by atoms with Gasteiger partial charge < -0.3 is 5.73 Å². The van der Waals surface area contributed by atoms with E-state index >= 15 is 0 Å². The number of fused-ring (bicyclic) bond motifs is 1. The zero-order valence-corrected chi connectivity index (χ0v) is 10.8. The summed E-state index contributed by atoms with van der Waals surface area (Å²) in [6.07, 6.45) is 3.61. The van der Waals surface area contributed by atoms with Crippen LogP contribution in [-0.2, 0) is 19.5 Å². The van der Waals surface area contributed by atoms with Crippen LogP contribution in [0.3, 0.4) is 0 Å². The molecule has 94 valence electrons. The van der Waals surface area contributed by atoms with Crippen molar-refractivity contribution in [2.75, 3.05) is 0 Å². The van der Waals surface area contributed by atoms with E-state index in [4.69, 9.17) is 5.73 Å². The molecule has 1 aliphatic heterocycles. The predicted octanol–water partition coefficient (Wildman–Crippen LogP) is 2.65. The average molecular weight is 241 g/mol. The van der Waals surface area contributed by atoms with Gasteiger partial charge in [0.1, 0.15) is 0 Å². The van der Waals surface area contributed by atoms with E-state index in [0.717, 1.165) is 18.7 Å². The monoisotopic (exact) mass is 241 g/mol. The minimum absolute atomic E-state index is 0.518. The Balaban J connectivity index is 2.21. The second kappa shape index (κ2) is 4.58. The SMILES string of the molecule is Cc1ccccc1-c1c(CN)nn2c1CCCC2. The van der Waals surface area contributed by atoms with Gasteiger partial charge in [-0.1, -0.05) is 24.3 Å². The molecule has 3 nitrogen and oxygen atoms in total. The van der Waals surface area contributed by atoms with Gasteiger partial charge in [-0.15, -0.1) is 0 Å². The number of benzene rings is 1. The molecule has 3 heteroatoms. The van der Waals surface area contributed by atoms with Crippen molar-refractivity contribution < 1.29 is 0 Å². The molecule has 3 rings (SSSR count). The predicted molar refractivity (Wildman–Crippen MR) is 73.2 cm³/mol. The minimum atomic E-state index is 0.518. The second-order valence-corrected chi connectivity index (χ2v) is 4.97. The van der Waals surface area contributed by atoms with Gasteiger partial charge in [0.2, 0.25) is 0 Å². The van der Waals surface area contributed by atoms with E-state index in [2.05, 4.69) is 41.0 Å². The molecule has 0 spiro atoms. The highest BCUT2D eigenvalue weighted by molar-refractivity contribution is 5.72. The summed E-state index contributed by atoms with van der Waals surface area (Å²) in [6.45, 7) is 3.71. The first-order chi connectivity index (χ1) is 8.81. The summed E-state index contributed by atoms with van der Waals surface area (Å²) in [5.41, 5.74) is 12.2. The summed E-state index contributed by atoms with van der Waals surface area (Å²) in [5.74, 6) is 0. The number of nitrogens with two attached hydrogens (primary N) is 1. The summed E-state index contributed by atoms with van der Waals surface area (Å²) in [6, 6.07) is 8.51. The lowest BCUT2D eigenvalue weighted by atomic mass is 9.95. The van der Waals surface area contributed by atoms with Crippen molar-refractivity contribution in [3.63, 3.8) is 0 Å². The zero-order valence-electron chi connectivity index (χ0n) is 10.8. The van der Waals surface area contributed by atoms with E-state index in [1.54, 1.807) is 0 Å². The molecule has 0 saturated carbocycles. The van der Waals surface area contributed by atoms with Crippen LogP contribution < -0.4 is 5.73 Å². The summed E-state index contributed by atoms with van der Waals surface area (Å²) in [5, 5.41) is 4.68.